The van der Waals surface area contributed by atoms with Crippen molar-refractivity contribution in [3.8, 4) is 0 Å². The van der Waals surface area contributed by atoms with Gasteiger partial charge < -0.3 is 0 Å². The minimum Gasteiger partial charge on any atom is -0.242 e. The van der Waals surface area contributed by atoms with Crippen LogP contribution in [0, 0.1) is 0 Å². The number of rotatable bonds is 3. The smallest absolute Gasteiger partial charge is 0.199 e. The monoisotopic (exact) mass is 313 g/mol. The molecule has 0 N–H and O–H groups in total. The molecule has 1 aliphatic heterocycles. The molecule has 0 bridgehead atoms. The lowest BCUT2D eigenvalue weighted by atomic mass is 10.2. The standard InChI is InChI=1S/C20H17N4/c1-4-10-17(11-5-1)20-21-23(18-12-6-2-7-13-18)16-24(22-20)19-14-8-3-9-15-19/h1-15H,16H2. The van der Waals surface area contributed by atoms with Crippen LogP contribution in [0.4, 0.5) is 11.4 Å². The first-order valence-corrected chi connectivity index (χ1v) is 7.91. The van der Waals surface area contributed by atoms with E-state index in [0.717, 1.165) is 16.9 Å². The van der Waals surface area contributed by atoms with Crippen molar-refractivity contribution in [2.75, 3.05) is 16.7 Å². The van der Waals surface area contributed by atoms with Crippen LogP contribution in [0.15, 0.2) is 96.1 Å². The Morgan fingerprint density at radius 2 is 1.08 bits per heavy atom. The first-order chi connectivity index (χ1) is 11.9. The van der Waals surface area contributed by atoms with Gasteiger partial charge in [0.2, 0.25) is 0 Å². The largest absolute Gasteiger partial charge is 0.242 e. The molecule has 0 saturated heterocycles. The number of hydrazone groups is 1. The minimum atomic E-state index is 0.574. The summed E-state index contributed by atoms with van der Waals surface area (Å²) in [4.78, 5) is 0. The van der Waals surface area contributed by atoms with Gasteiger partial charge >= 0.3 is 0 Å². The number of benzene rings is 3. The van der Waals surface area contributed by atoms with Gasteiger partial charge in [-0.2, -0.15) is 0 Å². The molecule has 0 spiro atoms. The molecule has 0 aromatic heterocycles. The molecule has 24 heavy (non-hydrogen) atoms. The maximum atomic E-state index is 4.74. The molecule has 1 heterocycles. The van der Waals surface area contributed by atoms with E-state index >= 15 is 0 Å². The van der Waals surface area contributed by atoms with Crippen molar-refractivity contribution in [1.82, 2.24) is 5.43 Å². The van der Waals surface area contributed by atoms with Crippen LogP contribution in [0.3, 0.4) is 0 Å². The topological polar surface area (TPSA) is 32.9 Å². The second-order valence-electron chi connectivity index (χ2n) is 5.50. The van der Waals surface area contributed by atoms with E-state index in [4.69, 9.17) is 10.5 Å². The molecule has 0 fully saturated rings. The summed E-state index contributed by atoms with van der Waals surface area (Å²) < 4.78 is 0. The zero-order valence-corrected chi connectivity index (χ0v) is 13.2. The fraction of sp³-hybridized carbons (Fsp3) is 0.0500. The lowest BCUT2D eigenvalue weighted by Gasteiger charge is -2.34. The zero-order valence-electron chi connectivity index (χ0n) is 13.2. The first-order valence-electron chi connectivity index (χ1n) is 7.91. The highest BCUT2D eigenvalue weighted by Gasteiger charge is 2.23. The van der Waals surface area contributed by atoms with E-state index in [1.165, 1.54) is 0 Å². The second-order valence-corrected chi connectivity index (χ2v) is 5.50. The molecule has 4 rings (SSSR count). The highest BCUT2D eigenvalue weighted by Crippen LogP contribution is 2.22. The van der Waals surface area contributed by atoms with E-state index in [2.05, 4.69) is 24.3 Å². The van der Waals surface area contributed by atoms with Crippen LogP contribution in [-0.4, -0.2) is 12.5 Å². The van der Waals surface area contributed by atoms with Crippen molar-refractivity contribution in [3.05, 3.63) is 96.6 Å². The van der Waals surface area contributed by atoms with E-state index in [9.17, 15) is 0 Å². The van der Waals surface area contributed by atoms with Gasteiger partial charge in [-0.15, -0.1) is 10.5 Å². The molecule has 117 valence electrons. The summed E-state index contributed by atoms with van der Waals surface area (Å²) in [6.07, 6.45) is 0. The van der Waals surface area contributed by atoms with Crippen LogP contribution in [0.5, 0.6) is 0 Å². The third kappa shape index (κ3) is 2.94. The number of anilines is 2. The van der Waals surface area contributed by atoms with Crippen LogP contribution in [0.2, 0.25) is 0 Å². The number of nitrogens with zero attached hydrogens (tertiary/aromatic N) is 4. The average molecular weight is 313 g/mol. The van der Waals surface area contributed by atoms with E-state index in [0.29, 0.717) is 12.5 Å². The van der Waals surface area contributed by atoms with Gasteiger partial charge in [-0.25, -0.2) is 10.0 Å². The van der Waals surface area contributed by atoms with Crippen molar-refractivity contribution in [2.24, 2.45) is 5.10 Å². The Morgan fingerprint density at radius 3 is 1.67 bits per heavy atom. The van der Waals surface area contributed by atoms with Gasteiger partial charge in [0.05, 0.1) is 11.4 Å². The van der Waals surface area contributed by atoms with Crippen LogP contribution in [0.1, 0.15) is 5.56 Å². The maximum Gasteiger partial charge on any atom is 0.199 e. The van der Waals surface area contributed by atoms with Gasteiger partial charge in [0.15, 0.2) is 5.84 Å². The fourth-order valence-corrected chi connectivity index (χ4v) is 2.62. The van der Waals surface area contributed by atoms with Gasteiger partial charge in [0.1, 0.15) is 6.67 Å². The average Bonchev–Trinajstić information content (AvgIpc) is 2.70. The molecule has 3 aromatic carbocycles. The third-order valence-electron chi connectivity index (χ3n) is 3.84. The molecule has 0 unspecified atom stereocenters. The third-order valence-corrected chi connectivity index (χ3v) is 3.84. The Kier molecular flexibility index (Phi) is 3.86. The van der Waals surface area contributed by atoms with Crippen molar-refractivity contribution in [3.63, 3.8) is 0 Å². The summed E-state index contributed by atoms with van der Waals surface area (Å²) in [5.74, 6) is 0.703. The molecule has 4 heteroatoms. The van der Waals surface area contributed by atoms with E-state index in [1.54, 1.807) is 0 Å². The first kappa shape index (κ1) is 14.3. The second kappa shape index (κ2) is 6.46. The SMILES string of the molecule is c1ccc(C2=NN(c3ccccc3)CN(c3ccccc3)[N]2)cc1. The Balaban J connectivity index is 1.73. The summed E-state index contributed by atoms with van der Waals surface area (Å²) >= 11 is 0. The molecule has 1 aliphatic rings. The number of amidine groups is 1. The summed E-state index contributed by atoms with van der Waals surface area (Å²) in [5, 5.41) is 8.69. The van der Waals surface area contributed by atoms with Crippen molar-refractivity contribution in [2.45, 2.75) is 0 Å². The predicted molar refractivity (Wildman–Crippen MR) is 97.8 cm³/mol. The molecule has 0 atom stereocenters. The maximum absolute atomic E-state index is 4.74. The van der Waals surface area contributed by atoms with Crippen molar-refractivity contribution in [1.29, 1.82) is 0 Å². The van der Waals surface area contributed by atoms with Gasteiger partial charge in [-0.1, -0.05) is 66.7 Å². The Labute approximate surface area is 141 Å². The summed E-state index contributed by atoms with van der Waals surface area (Å²) in [5.41, 5.74) is 7.83. The predicted octanol–water partition coefficient (Wildman–Crippen LogP) is 3.85. The van der Waals surface area contributed by atoms with Crippen LogP contribution in [0.25, 0.3) is 0 Å². The number of hydrogen-bond acceptors (Lipinski definition) is 3. The Hall–Kier alpha value is -3.27. The molecule has 0 amide bonds. The van der Waals surface area contributed by atoms with E-state index in [1.807, 2.05) is 76.7 Å². The van der Waals surface area contributed by atoms with Gasteiger partial charge in [0, 0.05) is 5.56 Å². The molecule has 1 radical (unpaired) electrons. The van der Waals surface area contributed by atoms with Gasteiger partial charge in [0.25, 0.3) is 0 Å². The van der Waals surface area contributed by atoms with Crippen LogP contribution < -0.4 is 15.4 Å². The Bertz CT molecular complexity index is 816. The van der Waals surface area contributed by atoms with Crippen molar-refractivity contribution >= 4 is 17.2 Å². The quantitative estimate of drug-likeness (QED) is 0.736. The summed E-state index contributed by atoms with van der Waals surface area (Å²) in [6.45, 7) is 0.574. The molecular weight excluding hydrogens is 296 g/mol. The normalized spacial score (nSPS) is 14.1. The summed E-state index contributed by atoms with van der Waals surface area (Å²) in [6, 6.07) is 30.4. The number of hydrogen-bond donors (Lipinski definition) is 0. The van der Waals surface area contributed by atoms with Gasteiger partial charge in [-0.3, -0.25) is 0 Å². The van der Waals surface area contributed by atoms with Crippen molar-refractivity contribution < 1.29 is 0 Å². The fourth-order valence-electron chi connectivity index (χ4n) is 2.62. The van der Waals surface area contributed by atoms with Crippen LogP contribution >= 0.6 is 0 Å². The summed E-state index contributed by atoms with van der Waals surface area (Å²) in [7, 11) is 0. The minimum absolute atomic E-state index is 0.574. The molecule has 0 aliphatic carbocycles. The van der Waals surface area contributed by atoms with Crippen LogP contribution in [-0.2, 0) is 0 Å². The number of para-hydroxylation sites is 2. The van der Waals surface area contributed by atoms with E-state index in [-0.39, 0.29) is 0 Å². The molecular formula is C20H17N4. The van der Waals surface area contributed by atoms with Gasteiger partial charge in [-0.05, 0) is 24.3 Å². The zero-order chi connectivity index (χ0) is 16.2. The lowest BCUT2D eigenvalue weighted by molar-refractivity contribution is 0.671. The molecule has 3 aromatic rings. The highest BCUT2D eigenvalue weighted by molar-refractivity contribution is 6.00. The Morgan fingerprint density at radius 1 is 0.583 bits per heavy atom. The molecule has 4 nitrogen and oxygen atoms in total. The lowest BCUT2D eigenvalue weighted by Crippen LogP contribution is -2.48. The van der Waals surface area contributed by atoms with E-state index < -0.39 is 0 Å². The molecule has 0 saturated carbocycles. The highest BCUT2D eigenvalue weighted by atomic mass is 15.7.